The first kappa shape index (κ1) is 17.6. The van der Waals surface area contributed by atoms with E-state index in [0.29, 0.717) is 12.5 Å². The molecule has 25 heavy (non-hydrogen) atoms. The third-order valence-electron chi connectivity index (χ3n) is 5.45. The van der Waals surface area contributed by atoms with Gasteiger partial charge in [-0.15, -0.1) is 0 Å². The molecule has 3 rings (SSSR count). The Bertz CT molecular complexity index is 692. The van der Waals surface area contributed by atoms with Crippen LogP contribution in [-0.4, -0.2) is 36.6 Å². The van der Waals surface area contributed by atoms with Crippen LogP contribution in [0.25, 0.3) is 0 Å². The van der Waals surface area contributed by atoms with Gasteiger partial charge < -0.3 is 10.2 Å². The summed E-state index contributed by atoms with van der Waals surface area (Å²) in [7, 11) is 0. The fourth-order valence-corrected chi connectivity index (χ4v) is 3.99. The van der Waals surface area contributed by atoms with Gasteiger partial charge in [0.05, 0.1) is 19.6 Å². The number of piperidine rings is 1. The van der Waals surface area contributed by atoms with E-state index in [-0.39, 0.29) is 11.7 Å². The minimum atomic E-state index is -0.228. The second-order valence-electron chi connectivity index (χ2n) is 7.20. The van der Waals surface area contributed by atoms with Gasteiger partial charge in [-0.2, -0.15) is 0 Å². The van der Waals surface area contributed by atoms with Crippen LogP contribution in [0.1, 0.15) is 29.9 Å². The van der Waals surface area contributed by atoms with Crippen LogP contribution in [0.2, 0.25) is 0 Å². The number of primary amides is 1. The van der Waals surface area contributed by atoms with E-state index >= 15 is 0 Å². The van der Waals surface area contributed by atoms with E-state index in [1.54, 1.807) is 0 Å². The molecular formula is C21H26FN2O+. The fourth-order valence-electron chi connectivity index (χ4n) is 3.99. The van der Waals surface area contributed by atoms with E-state index in [9.17, 15) is 9.18 Å². The van der Waals surface area contributed by atoms with Crippen molar-refractivity contribution in [2.24, 2.45) is 5.73 Å². The zero-order chi connectivity index (χ0) is 17.7. The van der Waals surface area contributed by atoms with Gasteiger partial charge in [0.1, 0.15) is 5.82 Å². The zero-order valence-electron chi connectivity index (χ0n) is 14.5. The monoisotopic (exact) mass is 341 g/mol. The van der Waals surface area contributed by atoms with Crippen LogP contribution in [0, 0.1) is 5.82 Å². The summed E-state index contributed by atoms with van der Waals surface area (Å²) >= 11 is 0. The summed E-state index contributed by atoms with van der Waals surface area (Å²) in [6.45, 7) is 3.22. The molecule has 1 heterocycles. The predicted molar refractivity (Wildman–Crippen MR) is 97.4 cm³/mol. The quantitative estimate of drug-likeness (QED) is 0.805. The molecule has 0 aliphatic carbocycles. The number of hydrogen-bond donors (Lipinski definition) is 1. The minimum absolute atomic E-state index is 0.193. The molecule has 2 N–H and O–H groups in total. The Balaban J connectivity index is 1.66. The van der Waals surface area contributed by atoms with Crippen molar-refractivity contribution in [1.29, 1.82) is 0 Å². The van der Waals surface area contributed by atoms with Crippen molar-refractivity contribution in [2.45, 2.75) is 25.2 Å². The Morgan fingerprint density at radius 2 is 1.68 bits per heavy atom. The molecule has 0 radical (unpaired) electrons. The number of nitrogens with zero attached hydrogens (tertiary/aromatic N) is 1. The molecule has 0 aromatic heterocycles. The summed E-state index contributed by atoms with van der Waals surface area (Å²) in [5.74, 6) is 0.0195. The second-order valence-corrected chi connectivity index (χ2v) is 7.20. The lowest BCUT2D eigenvalue weighted by Crippen LogP contribution is -2.57. The lowest BCUT2D eigenvalue weighted by atomic mass is 9.88. The predicted octanol–water partition coefficient (Wildman–Crippen LogP) is 3.25. The highest BCUT2D eigenvalue weighted by atomic mass is 19.1. The largest absolute Gasteiger partial charge is 0.365 e. The van der Waals surface area contributed by atoms with Gasteiger partial charge >= 0.3 is 0 Å². The van der Waals surface area contributed by atoms with E-state index < -0.39 is 0 Å². The highest BCUT2D eigenvalue weighted by Gasteiger charge is 2.35. The van der Waals surface area contributed by atoms with Crippen LogP contribution in [0.15, 0.2) is 54.6 Å². The van der Waals surface area contributed by atoms with Crippen molar-refractivity contribution in [3.63, 3.8) is 0 Å². The lowest BCUT2D eigenvalue weighted by molar-refractivity contribution is -0.925. The first-order valence-corrected chi connectivity index (χ1v) is 8.99. The van der Waals surface area contributed by atoms with Crippen molar-refractivity contribution in [3.05, 3.63) is 71.5 Å². The topological polar surface area (TPSA) is 43.1 Å². The highest BCUT2D eigenvalue weighted by molar-refractivity contribution is 5.74. The van der Waals surface area contributed by atoms with Gasteiger partial charge in [0.25, 0.3) is 5.91 Å². The number of likely N-dealkylation sites (tertiary alicyclic amines) is 1. The van der Waals surface area contributed by atoms with E-state index in [1.165, 1.54) is 23.3 Å². The molecule has 0 spiro atoms. The molecule has 1 aliphatic heterocycles. The third-order valence-corrected chi connectivity index (χ3v) is 5.45. The number of nitrogens with two attached hydrogens (primary N) is 1. The van der Waals surface area contributed by atoms with Gasteiger partial charge in [0.2, 0.25) is 0 Å². The van der Waals surface area contributed by atoms with Crippen LogP contribution in [0.5, 0.6) is 0 Å². The summed E-state index contributed by atoms with van der Waals surface area (Å²) in [6.07, 6.45) is 2.97. The molecule has 0 bridgehead atoms. The van der Waals surface area contributed by atoms with Crippen LogP contribution in [0.4, 0.5) is 4.39 Å². The van der Waals surface area contributed by atoms with Crippen LogP contribution in [-0.2, 0) is 11.2 Å². The number of carbonyl (C=O) groups excluding carboxylic acids is 1. The van der Waals surface area contributed by atoms with Crippen LogP contribution >= 0.6 is 0 Å². The lowest BCUT2D eigenvalue weighted by Gasteiger charge is -2.43. The molecule has 1 fully saturated rings. The van der Waals surface area contributed by atoms with Gasteiger partial charge in [-0.25, -0.2) is 4.39 Å². The molecule has 1 aliphatic rings. The first-order valence-electron chi connectivity index (χ1n) is 8.99. The molecule has 1 amide bonds. The van der Waals surface area contributed by atoms with E-state index in [2.05, 4.69) is 24.3 Å². The Labute approximate surface area is 148 Å². The van der Waals surface area contributed by atoms with Gasteiger partial charge in [0, 0.05) is 19.3 Å². The normalized spacial score (nSPS) is 23.3. The summed E-state index contributed by atoms with van der Waals surface area (Å²) in [5, 5.41) is 0. The van der Waals surface area contributed by atoms with Crippen molar-refractivity contribution in [1.82, 2.24) is 0 Å². The molecule has 0 saturated carbocycles. The van der Waals surface area contributed by atoms with Crippen molar-refractivity contribution in [2.75, 3.05) is 26.2 Å². The SMILES string of the molecule is NC(=O)C[N+]1(CCc2ccccc2)CCC(c2ccc(F)cc2)CC1. The molecule has 0 atom stereocenters. The molecule has 4 heteroatoms. The van der Waals surface area contributed by atoms with Gasteiger partial charge in [-0.3, -0.25) is 4.79 Å². The number of amides is 1. The fraction of sp³-hybridized carbons (Fsp3) is 0.381. The number of rotatable bonds is 6. The molecule has 0 unspecified atom stereocenters. The number of hydrogen-bond acceptors (Lipinski definition) is 1. The van der Waals surface area contributed by atoms with Gasteiger partial charge in [-0.1, -0.05) is 42.5 Å². The number of carbonyl (C=O) groups is 1. The maximum atomic E-state index is 13.1. The second kappa shape index (κ2) is 7.79. The maximum Gasteiger partial charge on any atom is 0.272 e. The van der Waals surface area contributed by atoms with Gasteiger partial charge in [-0.05, 0) is 29.2 Å². The van der Waals surface area contributed by atoms with E-state index in [4.69, 9.17) is 5.73 Å². The molecule has 1 saturated heterocycles. The van der Waals surface area contributed by atoms with Crippen LogP contribution in [0.3, 0.4) is 0 Å². The molecule has 2 aromatic carbocycles. The number of benzene rings is 2. The number of quaternary nitrogens is 1. The van der Waals surface area contributed by atoms with Crippen molar-refractivity contribution >= 4 is 5.91 Å². The first-order chi connectivity index (χ1) is 12.1. The third kappa shape index (κ3) is 4.67. The zero-order valence-corrected chi connectivity index (χ0v) is 14.5. The summed E-state index contributed by atoms with van der Waals surface area (Å²) < 4.78 is 13.9. The van der Waals surface area contributed by atoms with Gasteiger partial charge in [0.15, 0.2) is 6.54 Å². The summed E-state index contributed by atoms with van der Waals surface area (Å²) in [5.41, 5.74) is 8.04. The Morgan fingerprint density at radius 3 is 2.28 bits per heavy atom. The Morgan fingerprint density at radius 1 is 1.04 bits per heavy atom. The molecule has 3 nitrogen and oxygen atoms in total. The summed E-state index contributed by atoms with van der Waals surface area (Å²) in [4.78, 5) is 11.6. The maximum absolute atomic E-state index is 13.1. The van der Waals surface area contributed by atoms with E-state index in [1.807, 2.05) is 18.2 Å². The smallest absolute Gasteiger partial charge is 0.272 e. The van der Waals surface area contributed by atoms with Crippen LogP contribution < -0.4 is 5.73 Å². The van der Waals surface area contributed by atoms with Crippen molar-refractivity contribution in [3.8, 4) is 0 Å². The average molecular weight is 341 g/mol. The molecule has 2 aromatic rings. The molecular weight excluding hydrogens is 315 g/mol. The Hall–Kier alpha value is -2.20. The van der Waals surface area contributed by atoms with Crippen molar-refractivity contribution < 1.29 is 13.7 Å². The minimum Gasteiger partial charge on any atom is -0.365 e. The Kier molecular flexibility index (Phi) is 5.49. The highest BCUT2D eigenvalue weighted by Crippen LogP contribution is 2.32. The van der Waals surface area contributed by atoms with E-state index in [0.717, 1.165) is 43.4 Å². The standard InChI is InChI=1S/C21H25FN2O/c22-20-8-6-18(7-9-20)19-11-14-24(15-12-19,16-21(23)25)13-10-17-4-2-1-3-5-17/h1-9,19H,10-16H2,(H-,23,25)/p+1. The average Bonchev–Trinajstić information content (AvgIpc) is 2.62. The summed E-state index contributed by atoms with van der Waals surface area (Å²) in [6, 6.07) is 17.2. The number of halogens is 1. The molecule has 132 valence electrons.